The van der Waals surface area contributed by atoms with E-state index in [2.05, 4.69) is 25.9 Å². The fraction of sp³-hybridized carbons (Fsp3) is 0.500. The van der Waals surface area contributed by atoms with E-state index >= 15 is 0 Å². The Balaban J connectivity index is 1.49. The van der Waals surface area contributed by atoms with Crippen molar-refractivity contribution in [1.29, 1.82) is 0 Å². The molecule has 0 spiro atoms. The van der Waals surface area contributed by atoms with E-state index in [4.69, 9.17) is 11.6 Å². The number of amides is 2. The van der Waals surface area contributed by atoms with Gasteiger partial charge in [-0.15, -0.1) is 0 Å². The number of benzene rings is 1. The van der Waals surface area contributed by atoms with Crippen LogP contribution < -0.4 is 16.0 Å². The van der Waals surface area contributed by atoms with Gasteiger partial charge < -0.3 is 26.0 Å². The van der Waals surface area contributed by atoms with Crippen LogP contribution in [0.25, 0.3) is 0 Å². The van der Waals surface area contributed by atoms with E-state index in [-0.39, 0.29) is 35.8 Å². The van der Waals surface area contributed by atoms with Gasteiger partial charge in [-0.3, -0.25) is 0 Å². The molecular weight excluding hydrogens is 435 g/mol. The Morgan fingerprint density at radius 3 is 3.03 bits per heavy atom. The highest BCUT2D eigenvalue weighted by Crippen LogP contribution is 2.27. The van der Waals surface area contributed by atoms with Crippen LogP contribution in [-0.4, -0.2) is 57.8 Å². The van der Waals surface area contributed by atoms with Crippen molar-refractivity contribution in [3.8, 4) is 0 Å². The summed E-state index contributed by atoms with van der Waals surface area (Å²) in [5.74, 6) is -0.0700. The van der Waals surface area contributed by atoms with Crippen LogP contribution in [0.15, 0.2) is 24.4 Å². The summed E-state index contributed by atoms with van der Waals surface area (Å²) in [5.41, 5.74) is 2.47. The van der Waals surface area contributed by atoms with Gasteiger partial charge in [0.25, 0.3) is 0 Å². The molecule has 0 bridgehead atoms. The van der Waals surface area contributed by atoms with Gasteiger partial charge >= 0.3 is 6.03 Å². The lowest BCUT2D eigenvalue weighted by molar-refractivity contribution is 0.184. The van der Waals surface area contributed by atoms with E-state index in [0.29, 0.717) is 31.0 Å². The molecular formula is C22H28ClFN6O2. The van der Waals surface area contributed by atoms with E-state index in [1.807, 2.05) is 6.92 Å². The number of hydrogen-bond acceptors (Lipinski definition) is 6. The Bertz CT molecular complexity index is 971. The Hall–Kier alpha value is -2.49. The summed E-state index contributed by atoms with van der Waals surface area (Å²) in [6, 6.07) is 3.94. The Morgan fingerprint density at radius 1 is 1.47 bits per heavy atom. The zero-order chi connectivity index (χ0) is 22.7. The number of fused-ring (bicyclic) bond motifs is 1. The molecule has 172 valence electrons. The third kappa shape index (κ3) is 5.11. The van der Waals surface area contributed by atoms with Crippen LogP contribution in [0.5, 0.6) is 0 Å². The lowest BCUT2D eigenvalue weighted by Crippen LogP contribution is -2.48. The topological polar surface area (TPSA) is 102 Å². The Kier molecular flexibility index (Phi) is 7.07. The molecule has 3 atom stereocenters. The molecule has 0 aliphatic carbocycles. The molecule has 3 unspecified atom stereocenters. The van der Waals surface area contributed by atoms with Crippen LogP contribution >= 0.6 is 11.6 Å². The average Bonchev–Trinajstić information content (AvgIpc) is 3.33. The number of halogens is 2. The number of aromatic nitrogens is 2. The molecule has 0 radical (unpaired) electrons. The number of carbonyl (C=O) groups excluding carboxylic acids is 1. The van der Waals surface area contributed by atoms with E-state index in [1.54, 1.807) is 17.2 Å². The number of rotatable bonds is 6. The van der Waals surface area contributed by atoms with Crippen molar-refractivity contribution in [1.82, 2.24) is 25.5 Å². The molecule has 0 saturated carbocycles. The number of carbonyl (C=O) groups is 1. The largest absolute Gasteiger partial charge is 0.394 e. The standard InChI is InChI=1S/C22H28ClFN6O2/c1-13(12-31)27-21-26-10-15-6-8-30(11-19(15)28-21)22(32)29-20(18-3-2-7-25-18)14-4-5-16(23)17(24)9-14/h4-5,9-10,13,18,20,25,31H,2-3,6-8,11-12H2,1H3,(H,29,32)(H,26,27,28). The molecule has 1 fully saturated rings. The minimum atomic E-state index is -0.498. The summed E-state index contributed by atoms with van der Waals surface area (Å²) in [7, 11) is 0. The molecule has 2 amide bonds. The first kappa shape index (κ1) is 22.7. The molecule has 10 heteroatoms. The zero-order valence-electron chi connectivity index (χ0n) is 17.9. The second-order valence-electron chi connectivity index (χ2n) is 8.37. The number of nitrogens with zero attached hydrogens (tertiary/aromatic N) is 3. The van der Waals surface area contributed by atoms with Crippen LogP contribution in [0.4, 0.5) is 15.1 Å². The van der Waals surface area contributed by atoms with Crippen LogP contribution in [0.1, 0.15) is 42.6 Å². The van der Waals surface area contributed by atoms with Crippen LogP contribution in [0.3, 0.4) is 0 Å². The van der Waals surface area contributed by atoms with Gasteiger partial charge in [-0.25, -0.2) is 19.2 Å². The van der Waals surface area contributed by atoms with Gasteiger partial charge in [0.15, 0.2) is 0 Å². The van der Waals surface area contributed by atoms with Crippen molar-refractivity contribution >= 4 is 23.6 Å². The molecule has 2 aliphatic rings. The van der Waals surface area contributed by atoms with Crippen molar-refractivity contribution in [2.45, 2.75) is 50.9 Å². The van der Waals surface area contributed by atoms with Crippen LogP contribution in [-0.2, 0) is 13.0 Å². The summed E-state index contributed by atoms with van der Waals surface area (Å²) in [4.78, 5) is 23.7. The summed E-state index contributed by atoms with van der Waals surface area (Å²) in [5, 5.41) is 18.8. The summed E-state index contributed by atoms with van der Waals surface area (Å²) < 4.78 is 14.1. The lowest BCUT2D eigenvalue weighted by atomic mass is 9.98. The van der Waals surface area contributed by atoms with Gasteiger partial charge in [-0.1, -0.05) is 17.7 Å². The van der Waals surface area contributed by atoms with Crippen molar-refractivity contribution in [2.24, 2.45) is 0 Å². The predicted octanol–water partition coefficient (Wildman–Crippen LogP) is 2.62. The molecule has 8 nitrogen and oxygen atoms in total. The second kappa shape index (κ2) is 9.97. The summed E-state index contributed by atoms with van der Waals surface area (Å²) >= 11 is 5.86. The molecule has 4 rings (SSSR count). The first-order chi connectivity index (χ1) is 15.4. The number of urea groups is 1. The maximum Gasteiger partial charge on any atom is 0.318 e. The minimum absolute atomic E-state index is 0.0229. The van der Waals surface area contributed by atoms with Gasteiger partial charge in [0.1, 0.15) is 5.82 Å². The van der Waals surface area contributed by atoms with Crippen molar-refractivity contribution in [3.05, 3.63) is 52.1 Å². The highest BCUT2D eigenvalue weighted by atomic mass is 35.5. The summed E-state index contributed by atoms with van der Waals surface area (Å²) in [6.07, 6.45) is 4.32. The van der Waals surface area contributed by atoms with Crippen molar-refractivity contribution in [3.63, 3.8) is 0 Å². The molecule has 1 aromatic carbocycles. The smallest absolute Gasteiger partial charge is 0.318 e. The number of nitrogens with one attached hydrogen (secondary N) is 3. The number of aliphatic hydroxyl groups is 1. The molecule has 1 aromatic heterocycles. The van der Waals surface area contributed by atoms with E-state index in [1.165, 1.54) is 12.1 Å². The predicted molar refractivity (Wildman–Crippen MR) is 120 cm³/mol. The van der Waals surface area contributed by atoms with Gasteiger partial charge in [0.2, 0.25) is 5.95 Å². The number of aliphatic hydroxyl groups excluding tert-OH is 1. The average molecular weight is 463 g/mol. The van der Waals surface area contributed by atoms with Gasteiger partial charge in [-0.05, 0) is 56.0 Å². The van der Waals surface area contributed by atoms with Gasteiger partial charge in [-0.2, -0.15) is 0 Å². The summed E-state index contributed by atoms with van der Waals surface area (Å²) in [6.45, 7) is 3.56. The maximum absolute atomic E-state index is 14.1. The van der Waals surface area contributed by atoms with Crippen LogP contribution in [0.2, 0.25) is 5.02 Å². The molecule has 4 N–H and O–H groups in total. The SMILES string of the molecule is CC(CO)Nc1ncc2c(n1)CN(C(=O)NC(c1ccc(Cl)c(F)c1)C1CCCN1)CC2. The van der Waals surface area contributed by atoms with Gasteiger partial charge in [0, 0.05) is 24.8 Å². The maximum atomic E-state index is 14.1. The van der Waals surface area contributed by atoms with E-state index < -0.39 is 5.82 Å². The fourth-order valence-corrected chi connectivity index (χ4v) is 4.27. The third-order valence-electron chi connectivity index (χ3n) is 5.97. The number of hydrogen-bond donors (Lipinski definition) is 4. The molecule has 1 saturated heterocycles. The zero-order valence-corrected chi connectivity index (χ0v) is 18.7. The number of anilines is 1. The quantitative estimate of drug-likeness (QED) is 0.526. The van der Waals surface area contributed by atoms with E-state index in [9.17, 15) is 14.3 Å². The first-order valence-corrected chi connectivity index (χ1v) is 11.3. The van der Waals surface area contributed by atoms with Gasteiger partial charge in [0.05, 0.1) is 29.9 Å². The van der Waals surface area contributed by atoms with Crippen molar-refractivity contribution in [2.75, 3.05) is 25.0 Å². The highest BCUT2D eigenvalue weighted by molar-refractivity contribution is 6.30. The van der Waals surface area contributed by atoms with Crippen molar-refractivity contribution < 1.29 is 14.3 Å². The molecule has 2 aliphatic heterocycles. The Labute approximate surface area is 191 Å². The highest BCUT2D eigenvalue weighted by Gasteiger charge is 2.31. The lowest BCUT2D eigenvalue weighted by Gasteiger charge is -2.32. The minimum Gasteiger partial charge on any atom is -0.394 e. The third-order valence-corrected chi connectivity index (χ3v) is 6.27. The second-order valence-corrected chi connectivity index (χ2v) is 8.78. The monoisotopic (exact) mass is 462 g/mol. The molecule has 32 heavy (non-hydrogen) atoms. The fourth-order valence-electron chi connectivity index (χ4n) is 4.15. The molecule has 3 heterocycles. The molecule has 2 aromatic rings. The van der Waals surface area contributed by atoms with E-state index in [0.717, 1.165) is 30.6 Å². The first-order valence-electron chi connectivity index (χ1n) is 10.9. The van der Waals surface area contributed by atoms with Crippen LogP contribution in [0, 0.1) is 5.82 Å². The Morgan fingerprint density at radius 2 is 2.31 bits per heavy atom. The normalized spacial score (nSPS) is 19.9.